The maximum absolute atomic E-state index is 13.5. The van der Waals surface area contributed by atoms with Crippen LogP contribution in [0, 0.1) is 5.13 Å². The smallest absolute Gasteiger partial charge is 0.176 e. The first-order valence-corrected chi connectivity index (χ1v) is 10.4. The van der Waals surface area contributed by atoms with Crippen molar-refractivity contribution in [3.63, 3.8) is 0 Å². The Labute approximate surface area is 174 Å². The normalized spacial score (nSPS) is 14.5. The number of halogens is 1. The van der Waals surface area contributed by atoms with Gasteiger partial charge in [-0.1, -0.05) is 6.08 Å². The van der Waals surface area contributed by atoms with Gasteiger partial charge in [0.2, 0.25) is 0 Å². The standard InChI is InChI=1S/C21H16FN7S/c22-17-4-3-16(30-17)12-9-24-10-15-18(12)27-21(26-15)20-19-14(28-29-20)2-1-13(25-19)11-5-7-23-8-6-11/h1-5,9-10,23H,6-8H2,(H,26,27)(H,28,29). The first-order chi connectivity index (χ1) is 14.8. The van der Waals surface area contributed by atoms with Gasteiger partial charge in [-0.05, 0) is 42.8 Å². The van der Waals surface area contributed by atoms with Crippen LogP contribution in [0.2, 0.25) is 0 Å². The molecule has 0 unspecified atom stereocenters. The number of pyridine rings is 2. The van der Waals surface area contributed by atoms with E-state index in [0.29, 0.717) is 11.5 Å². The van der Waals surface area contributed by atoms with Crippen LogP contribution in [0.5, 0.6) is 0 Å². The lowest BCUT2D eigenvalue weighted by atomic mass is 10.1. The Kier molecular flexibility index (Phi) is 3.96. The van der Waals surface area contributed by atoms with Gasteiger partial charge in [-0.25, -0.2) is 9.97 Å². The first-order valence-electron chi connectivity index (χ1n) is 9.61. The fourth-order valence-corrected chi connectivity index (χ4v) is 4.52. The minimum Gasteiger partial charge on any atom is -0.335 e. The highest BCUT2D eigenvalue weighted by molar-refractivity contribution is 7.14. The van der Waals surface area contributed by atoms with Crippen molar-refractivity contribution in [2.24, 2.45) is 0 Å². The van der Waals surface area contributed by atoms with Crippen molar-refractivity contribution in [1.29, 1.82) is 0 Å². The van der Waals surface area contributed by atoms with E-state index in [1.165, 1.54) is 11.6 Å². The molecular formula is C21H16FN7S. The van der Waals surface area contributed by atoms with Gasteiger partial charge in [0.1, 0.15) is 11.0 Å². The zero-order chi connectivity index (χ0) is 20.1. The summed E-state index contributed by atoms with van der Waals surface area (Å²) in [7, 11) is 0. The second-order valence-corrected chi connectivity index (χ2v) is 8.15. The summed E-state index contributed by atoms with van der Waals surface area (Å²) in [4.78, 5) is 18.0. The zero-order valence-electron chi connectivity index (χ0n) is 15.7. The van der Waals surface area contributed by atoms with Gasteiger partial charge in [-0.3, -0.25) is 10.1 Å². The summed E-state index contributed by atoms with van der Waals surface area (Å²) in [6.45, 7) is 1.81. The van der Waals surface area contributed by atoms with Crippen molar-refractivity contribution in [3.8, 4) is 22.0 Å². The molecular weight excluding hydrogens is 401 g/mol. The molecule has 6 rings (SSSR count). The Hall–Kier alpha value is -3.43. The number of hydrogen-bond acceptors (Lipinski definition) is 6. The molecule has 0 amide bonds. The summed E-state index contributed by atoms with van der Waals surface area (Å²) in [6.07, 6.45) is 6.55. The minimum atomic E-state index is -0.236. The predicted octanol–water partition coefficient (Wildman–Crippen LogP) is 4.14. The van der Waals surface area contributed by atoms with E-state index in [4.69, 9.17) is 9.97 Å². The summed E-state index contributed by atoms with van der Waals surface area (Å²) in [5, 5.41) is 10.6. The van der Waals surface area contributed by atoms with Gasteiger partial charge in [0.15, 0.2) is 16.6 Å². The largest absolute Gasteiger partial charge is 0.335 e. The van der Waals surface area contributed by atoms with E-state index in [2.05, 4.69) is 31.6 Å². The zero-order valence-corrected chi connectivity index (χ0v) is 16.6. The molecule has 9 heteroatoms. The van der Waals surface area contributed by atoms with E-state index in [9.17, 15) is 4.39 Å². The Bertz CT molecular complexity index is 1430. The van der Waals surface area contributed by atoms with Crippen LogP contribution in [-0.4, -0.2) is 43.2 Å². The third-order valence-corrected chi connectivity index (χ3v) is 6.16. The second-order valence-electron chi connectivity index (χ2n) is 7.12. The molecule has 0 spiro atoms. The summed E-state index contributed by atoms with van der Waals surface area (Å²) in [5.74, 6) is 0.603. The van der Waals surface area contributed by atoms with Crippen molar-refractivity contribution in [2.45, 2.75) is 6.42 Å². The molecule has 0 atom stereocenters. The molecule has 0 saturated heterocycles. The summed E-state index contributed by atoms with van der Waals surface area (Å²) >= 11 is 1.08. The summed E-state index contributed by atoms with van der Waals surface area (Å²) in [6, 6.07) is 7.22. The Balaban J connectivity index is 1.49. The van der Waals surface area contributed by atoms with Crippen LogP contribution >= 0.6 is 11.3 Å². The molecule has 6 heterocycles. The van der Waals surface area contributed by atoms with E-state index in [0.717, 1.165) is 69.0 Å². The first kappa shape index (κ1) is 17.4. The van der Waals surface area contributed by atoms with Crippen molar-refractivity contribution in [2.75, 3.05) is 13.1 Å². The van der Waals surface area contributed by atoms with Crippen LogP contribution in [0.25, 0.3) is 49.6 Å². The van der Waals surface area contributed by atoms with Gasteiger partial charge in [-0.15, -0.1) is 11.3 Å². The number of aromatic amines is 2. The fraction of sp³-hybridized carbons (Fsp3) is 0.143. The molecule has 5 aromatic rings. The molecule has 0 bridgehead atoms. The number of imidazole rings is 1. The van der Waals surface area contributed by atoms with Crippen LogP contribution in [0.15, 0.2) is 42.7 Å². The van der Waals surface area contributed by atoms with E-state index in [1.807, 2.05) is 12.1 Å². The van der Waals surface area contributed by atoms with Gasteiger partial charge in [0.25, 0.3) is 0 Å². The maximum Gasteiger partial charge on any atom is 0.176 e. The summed E-state index contributed by atoms with van der Waals surface area (Å²) < 4.78 is 13.5. The quantitative estimate of drug-likeness (QED) is 0.410. The molecule has 5 aromatic heterocycles. The van der Waals surface area contributed by atoms with Crippen LogP contribution in [0.4, 0.5) is 4.39 Å². The monoisotopic (exact) mass is 417 g/mol. The van der Waals surface area contributed by atoms with Crippen molar-refractivity contribution >= 4 is 39.0 Å². The molecule has 1 aliphatic rings. The lowest BCUT2D eigenvalue weighted by molar-refractivity contribution is 0.657. The van der Waals surface area contributed by atoms with Gasteiger partial charge in [0, 0.05) is 23.2 Å². The Morgan fingerprint density at radius 2 is 1.97 bits per heavy atom. The number of aromatic nitrogens is 6. The number of fused-ring (bicyclic) bond motifs is 2. The van der Waals surface area contributed by atoms with E-state index in [1.54, 1.807) is 18.5 Å². The lowest BCUT2D eigenvalue weighted by Gasteiger charge is -2.13. The molecule has 1 aliphatic heterocycles. The number of H-pyrrole nitrogens is 2. The van der Waals surface area contributed by atoms with Crippen LogP contribution in [-0.2, 0) is 0 Å². The topological polar surface area (TPSA) is 95.2 Å². The molecule has 0 aromatic carbocycles. The van der Waals surface area contributed by atoms with Crippen LogP contribution < -0.4 is 5.32 Å². The van der Waals surface area contributed by atoms with Crippen LogP contribution in [0.1, 0.15) is 12.1 Å². The third-order valence-electron chi connectivity index (χ3n) is 5.26. The highest BCUT2D eigenvalue weighted by Gasteiger charge is 2.18. The number of rotatable bonds is 3. The van der Waals surface area contributed by atoms with Gasteiger partial charge < -0.3 is 10.3 Å². The molecule has 30 heavy (non-hydrogen) atoms. The molecule has 0 fully saturated rings. The van der Waals surface area contributed by atoms with Crippen LogP contribution in [0.3, 0.4) is 0 Å². The maximum atomic E-state index is 13.5. The minimum absolute atomic E-state index is 0.236. The van der Waals surface area contributed by atoms with Gasteiger partial charge >= 0.3 is 0 Å². The van der Waals surface area contributed by atoms with E-state index < -0.39 is 0 Å². The summed E-state index contributed by atoms with van der Waals surface area (Å²) in [5.41, 5.74) is 6.75. The number of hydrogen-bond donors (Lipinski definition) is 3. The molecule has 0 saturated carbocycles. The number of nitrogens with zero attached hydrogens (tertiary/aromatic N) is 4. The Morgan fingerprint density at radius 1 is 1.00 bits per heavy atom. The van der Waals surface area contributed by atoms with Crippen molar-refractivity contribution < 1.29 is 4.39 Å². The number of nitrogens with one attached hydrogen (secondary N) is 3. The highest BCUT2D eigenvalue weighted by atomic mass is 32.1. The SMILES string of the molecule is Fc1ccc(-c2cncc3[nH]c(-c4n[nH]c5ccc(C6=CCNCC6)nc45)nc23)s1. The van der Waals surface area contributed by atoms with E-state index >= 15 is 0 Å². The number of thiophene rings is 1. The van der Waals surface area contributed by atoms with Gasteiger partial charge in [-0.2, -0.15) is 9.49 Å². The molecule has 0 radical (unpaired) electrons. The average molecular weight is 417 g/mol. The third kappa shape index (κ3) is 2.82. The Morgan fingerprint density at radius 3 is 2.80 bits per heavy atom. The van der Waals surface area contributed by atoms with Crippen molar-refractivity contribution in [3.05, 3.63) is 53.6 Å². The molecule has 148 valence electrons. The second kappa shape index (κ2) is 6.82. The van der Waals surface area contributed by atoms with Gasteiger partial charge in [0.05, 0.1) is 22.9 Å². The molecule has 3 N–H and O–H groups in total. The predicted molar refractivity (Wildman–Crippen MR) is 116 cm³/mol. The van der Waals surface area contributed by atoms with E-state index in [-0.39, 0.29) is 5.13 Å². The average Bonchev–Trinajstić information content (AvgIpc) is 3.51. The molecule has 0 aliphatic carbocycles. The fourth-order valence-electron chi connectivity index (χ4n) is 3.78. The van der Waals surface area contributed by atoms with Crippen molar-refractivity contribution in [1.82, 2.24) is 35.5 Å². The highest BCUT2D eigenvalue weighted by Crippen LogP contribution is 2.33. The molecule has 7 nitrogen and oxygen atoms in total. The lowest BCUT2D eigenvalue weighted by Crippen LogP contribution is -2.20.